The van der Waals surface area contributed by atoms with Crippen LogP contribution in [0.3, 0.4) is 0 Å². The maximum absolute atomic E-state index is 13.9. The molecule has 0 spiro atoms. The number of halogens is 2. The van der Waals surface area contributed by atoms with Crippen LogP contribution in [0.15, 0.2) is 42.7 Å². The molecule has 35 heavy (non-hydrogen) atoms. The largest absolute Gasteiger partial charge is 0.444 e. The molecule has 0 radical (unpaired) electrons. The summed E-state index contributed by atoms with van der Waals surface area (Å²) in [5.41, 5.74) is -0.858. The SMILES string of the molecule is CC(C)c1ccc(C(O)(c2cncc(CC(F)(F)CO)c2)C2(C)CN(C(=O)OC(C)(C)C)C2)cc1. The molecule has 1 aromatic heterocycles. The number of rotatable bonds is 7. The third kappa shape index (κ3) is 5.64. The van der Waals surface area contributed by atoms with Gasteiger partial charge in [0.25, 0.3) is 5.92 Å². The van der Waals surface area contributed by atoms with Gasteiger partial charge in [0.2, 0.25) is 0 Å². The Morgan fingerprint density at radius 3 is 2.26 bits per heavy atom. The van der Waals surface area contributed by atoms with Crippen molar-refractivity contribution in [2.24, 2.45) is 5.41 Å². The maximum atomic E-state index is 13.9. The van der Waals surface area contributed by atoms with Crippen LogP contribution in [-0.2, 0) is 16.8 Å². The summed E-state index contributed by atoms with van der Waals surface area (Å²) in [5.74, 6) is -3.00. The molecular weight excluding hydrogens is 454 g/mol. The number of likely N-dealkylation sites (tertiary alicyclic amines) is 1. The summed E-state index contributed by atoms with van der Waals surface area (Å²) >= 11 is 0. The Labute approximate surface area is 205 Å². The van der Waals surface area contributed by atoms with Crippen molar-refractivity contribution in [1.29, 1.82) is 0 Å². The van der Waals surface area contributed by atoms with E-state index >= 15 is 0 Å². The van der Waals surface area contributed by atoms with Crippen molar-refractivity contribution in [3.63, 3.8) is 0 Å². The van der Waals surface area contributed by atoms with Gasteiger partial charge in [0, 0.05) is 42.9 Å². The summed E-state index contributed by atoms with van der Waals surface area (Å²) in [6, 6.07) is 9.07. The summed E-state index contributed by atoms with van der Waals surface area (Å²) in [4.78, 5) is 18.3. The van der Waals surface area contributed by atoms with Crippen LogP contribution < -0.4 is 0 Å². The second-order valence-electron chi connectivity index (χ2n) is 11.2. The molecule has 1 fully saturated rings. The van der Waals surface area contributed by atoms with E-state index in [1.54, 1.807) is 20.8 Å². The number of amides is 1. The van der Waals surface area contributed by atoms with E-state index in [4.69, 9.17) is 9.84 Å². The van der Waals surface area contributed by atoms with E-state index in [0.29, 0.717) is 17.0 Å². The molecule has 0 saturated carbocycles. The number of alkyl halides is 2. The molecule has 8 heteroatoms. The van der Waals surface area contributed by atoms with Crippen molar-refractivity contribution in [3.05, 3.63) is 65.0 Å². The normalized spacial score (nSPS) is 17.6. The summed E-state index contributed by atoms with van der Waals surface area (Å²) in [6.45, 7) is 10.5. The predicted octanol–water partition coefficient (Wildman–Crippen LogP) is 4.87. The molecule has 6 nitrogen and oxygen atoms in total. The van der Waals surface area contributed by atoms with E-state index in [0.717, 1.165) is 5.56 Å². The van der Waals surface area contributed by atoms with Gasteiger partial charge in [-0.25, -0.2) is 13.6 Å². The number of carbonyl (C=O) groups is 1. The molecule has 1 aliphatic rings. The Morgan fingerprint density at radius 2 is 1.74 bits per heavy atom. The topological polar surface area (TPSA) is 82.9 Å². The second kappa shape index (κ2) is 9.47. The van der Waals surface area contributed by atoms with Gasteiger partial charge in [0.05, 0.1) is 0 Å². The van der Waals surface area contributed by atoms with Crippen LogP contribution in [0.5, 0.6) is 0 Å². The Morgan fingerprint density at radius 1 is 1.14 bits per heavy atom. The lowest BCUT2D eigenvalue weighted by molar-refractivity contribution is -0.131. The van der Waals surface area contributed by atoms with E-state index in [2.05, 4.69) is 18.8 Å². The van der Waals surface area contributed by atoms with Crippen LogP contribution in [0.4, 0.5) is 13.6 Å². The molecule has 2 aromatic rings. The zero-order valence-corrected chi connectivity index (χ0v) is 21.3. The van der Waals surface area contributed by atoms with Gasteiger partial charge < -0.3 is 19.8 Å². The second-order valence-corrected chi connectivity index (χ2v) is 11.2. The lowest BCUT2D eigenvalue weighted by Crippen LogP contribution is -2.66. The van der Waals surface area contributed by atoms with Crippen molar-refractivity contribution >= 4 is 6.09 Å². The summed E-state index contributed by atoms with van der Waals surface area (Å²) in [6.07, 6.45) is 1.61. The Bertz CT molecular complexity index is 1040. The molecule has 1 aromatic carbocycles. The Hall–Kier alpha value is -2.58. The monoisotopic (exact) mass is 490 g/mol. The van der Waals surface area contributed by atoms with Gasteiger partial charge in [-0.15, -0.1) is 0 Å². The van der Waals surface area contributed by atoms with Crippen molar-refractivity contribution in [2.45, 2.75) is 71.0 Å². The molecular formula is C27H36F2N2O4. The number of aliphatic hydroxyl groups is 2. The highest BCUT2D eigenvalue weighted by atomic mass is 19.3. The number of carbonyl (C=O) groups excluding carboxylic acids is 1. The summed E-state index contributed by atoms with van der Waals surface area (Å²) in [7, 11) is 0. The molecule has 1 amide bonds. The van der Waals surface area contributed by atoms with E-state index in [1.165, 1.54) is 23.4 Å². The Kier molecular flexibility index (Phi) is 7.31. The number of hydrogen-bond donors (Lipinski definition) is 2. The fourth-order valence-corrected chi connectivity index (χ4v) is 4.59. The number of ether oxygens (including phenoxy) is 1. The van der Waals surface area contributed by atoms with Gasteiger partial charge in [-0.05, 0) is 49.4 Å². The maximum Gasteiger partial charge on any atom is 0.410 e. The van der Waals surface area contributed by atoms with Gasteiger partial charge in [0.1, 0.15) is 17.8 Å². The van der Waals surface area contributed by atoms with Crippen molar-refractivity contribution in [3.8, 4) is 0 Å². The molecule has 192 valence electrons. The molecule has 2 heterocycles. The highest BCUT2D eigenvalue weighted by Gasteiger charge is 2.58. The predicted molar refractivity (Wildman–Crippen MR) is 129 cm³/mol. The molecule has 1 unspecified atom stereocenters. The van der Waals surface area contributed by atoms with Gasteiger partial charge >= 0.3 is 6.09 Å². The third-order valence-electron chi connectivity index (χ3n) is 6.51. The first-order chi connectivity index (χ1) is 16.1. The molecule has 1 aliphatic heterocycles. The van der Waals surface area contributed by atoms with Crippen LogP contribution in [0.1, 0.15) is 69.7 Å². The minimum atomic E-state index is -3.30. The smallest absolute Gasteiger partial charge is 0.410 e. The minimum Gasteiger partial charge on any atom is -0.444 e. The number of aliphatic hydroxyl groups excluding tert-OH is 1. The first-order valence-corrected chi connectivity index (χ1v) is 11.8. The van der Waals surface area contributed by atoms with Crippen LogP contribution in [-0.4, -0.2) is 57.4 Å². The van der Waals surface area contributed by atoms with Crippen LogP contribution >= 0.6 is 0 Å². The number of nitrogens with zero attached hydrogens (tertiary/aromatic N) is 2. The lowest BCUT2D eigenvalue weighted by Gasteiger charge is -2.56. The number of aromatic nitrogens is 1. The average Bonchev–Trinajstić information content (AvgIpc) is 2.75. The van der Waals surface area contributed by atoms with E-state index in [9.17, 15) is 18.7 Å². The summed E-state index contributed by atoms with van der Waals surface area (Å²) < 4.78 is 33.3. The molecule has 0 aliphatic carbocycles. The first kappa shape index (κ1) is 27.0. The first-order valence-electron chi connectivity index (χ1n) is 11.8. The minimum absolute atomic E-state index is 0.200. The fourth-order valence-electron chi connectivity index (χ4n) is 4.59. The van der Waals surface area contributed by atoms with E-state index in [1.807, 2.05) is 31.2 Å². The third-order valence-corrected chi connectivity index (χ3v) is 6.51. The van der Waals surface area contributed by atoms with E-state index in [-0.39, 0.29) is 18.7 Å². The molecule has 3 rings (SSSR count). The van der Waals surface area contributed by atoms with Gasteiger partial charge in [-0.2, -0.15) is 0 Å². The van der Waals surface area contributed by atoms with Crippen molar-refractivity contribution < 1.29 is 28.5 Å². The highest BCUT2D eigenvalue weighted by Crippen LogP contribution is 2.51. The molecule has 1 saturated heterocycles. The van der Waals surface area contributed by atoms with Gasteiger partial charge in [0.15, 0.2) is 0 Å². The molecule has 1 atom stereocenters. The quantitative estimate of drug-likeness (QED) is 0.579. The summed E-state index contributed by atoms with van der Waals surface area (Å²) in [5, 5.41) is 21.3. The van der Waals surface area contributed by atoms with Crippen molar-refractivity contribution in [1.82, 2.24) is 9.88 Å². The standard InChI is InChI=1S/C27H36F2N2O4/c1-18(2)20-7-9-21(10-8-20)27(34,22-11-19(13-30-14-22)12-26(28,29)17-32)25(6)15-31(16-25)23(33)35-24(3,4)5/h7-11,13-14,18,32,34H,12,15-17H2,1-6H3. The number of pyridine rings is 1. The number of benzene rings is 1. The highest BCUT2D eigenvalue weighted by molar-refractivity contribution is 5.70. The molecule has 0 bridgehead atoms. The van der Waals surface area contributed by atoms with Crippen LogP contribution in [0, 0.1) is 5.41 Å². The van der Waals surface area contributed by atoms with Gasteiger partial charge in [-0.3, -0.25) is 4.98 Å². The lowest BCUT2D eigenvalue weighted by atomic mass is 9.62. The van der Waals surface area contributed by atoms with Crippen LogP contribution in [0.25, 0.3) is 0 Å². The number of hydrogen-bond acceptors (Lipinski definition) is 5. The molecule has 2 N–H and O–H groups in total. The zero-order valence-electron chi connectivity index (χ0n) is 21.3. The van der Waals surface area contributed by atoms with Gasteiger partial charge in [-0.1, -0.05) is 45.0 Å². The van der Waals surface area contributed by atoms with Crippen molar-refractivity contribution in [2.75, 3.05) is 19.7 Å². The van der Waals surface area contributed by atoms with E-state index < -0.39 is 41.7 Å². The zero-order chi connectivity index (χ0) is 26.2. The Balaban J connectivity index is 2.02. The fraction of sp³-hybridized carbons (Fsp3) is 0.556. The van der Waals surface area contributed by atoms with Crippen LogP contribution in [0.2, 0.25) is 0 Å². The average molecular weight is 491 g/mol.